The molecular weight excluding hydrogens is 424 g/mol. The van der Waals surface area contributed by atoms with E-state index in [0.717, 1.165) is 17.0 Å². The Morgan fingerprint density at radius 1 is 1.33 bits per heavy atom. The third kappa shape index (κ3) is 5.13. The molecular formula is C17H15ClN4O2S3. The molecule has 6 nitrogen and oxygen atoms in total. The molecule has 0 radical (unpaired) electrons. The van der Waals surface area contributed by atoms with E-state index >= 15 is 0 Å². The van der Waals surface area contributed by atoms with Gasteiger partial charge in [-0.2, -0.15) is 0 Å². The monoisotopic (exact) mass is 438 g/mol. The first-order chi connectivity index (χ1) is 13.0. The largest absolute Gasteiger partial charge is 0.300 e. The van der Waals surface area contributed by atoms with E-state index in [1.807, 2.05) is 19.1 Å². The number of rotatable bonds is 6. The molecule has 140 valence electrons. The number of thioether (sulfide) groups is 1. The van der Waals surface area contributed by atoms with Gasteiger partial charge in [-0.25, -0.2) is 0 Å². The smallest absolute Gasteiger partial charge is 0.266 e. The summed E-state index contributed by atoms with van der Waals surface area (Å²) in [5, 5.41) is 12.5. The van der Waals surface area contributed by atoms with Crippen LogP contribution in [0.5, 0.6) is 0 Å². The van der Waals surface area contributed by atoms with Crippen LogP contribution in [0.3, 0.4) is 0 Å². The number of hydrogen-bond donors (Lipinski definition) is 1. The fraction of sp³-hybridized carbons (Fsp3) is 0.235. The SMILES string of the molecule is CCc1nnc(NC(=O)CCN2C(=O)/C(=C/c3ccc(Cl)cc3)SC2=S)s1. The summed E-state index contributed by atoms with van der Waals surface area (Å²) in [7, 11) is 0. The molecule has 0 saturated carbocycles. The van der Waals surface area contributed by atoms with E-state index in [0.29, 0.717) is 19.4 Å². The van der Waals surface area contributed by atoms with Gasteiger partial charge >= 0.3 is 0 Å². The maximum atomic E-state index is 12.6. The second-order valence-corrected chi connectivity index (χ2v) is 8.71. The Bertz CT molecular complexity index is 911. The van der Waals surface area contributed by atoms with Crippen LogP contribution in [0.1, 0.15) is 23.9 Å². The Hall–Kier alpha value is -1.81. The van der Waals surface area contributed by atoms with Gasteiger partial charge in [0.2, 0.25) is 11.0 Å². The number of anilines is 1. The van der Waals surface area contributed by atoms with E-state index in [1.54, 1.807) is 18.2 Å². The van der Waals surface area contributed by atoms with Gasteiger partial charge in [0.1, 0.15) is 9.33 Å². The number of nitrogens with one attached hydrogen (secondary N) is 1. The van der Waals surface area contributed by atoms with Gasteiger partial charge in [-0.05, 0) is 30.2 Å². The summed E-state index contributed by atoms with van der Waals surface area (Å²) in [5.74, 6) is -0.429. The van der Waals surface area contributed by atoms with E-state index in [4.69, 9.17) is 23.8 Å². The first kappa shape index (κ1) is 19.9. The van der Waals surface area contributed by atoms with Crippen LogP contribution >= 0.6 is 46.9 Å². The van der Waals surface area contributed by atoms with Crippen LogP contribution in [-0.2, 0) is 16.0 Å². The van der Waals surface area contributed by atoms with E-state index in [2.05, 4.69) is 15.5 Å². The minimum atomic E-state index is -0.232. The molecule has 3 rings (SSSR count). The van der Waals surface area contributed by atoms with Crippen molar-refractivity contribution in [3.05, 3.63) is 44.8 Å². The molecule has 2 aromatic rings. The van der Waals surface area contributed by atoms with Gasteiger partial charge in [-0.3, -0.25) is 14.5 Å². The lowest BCUT2D eigenvalue weighted by Gasteiger charge is -2.13. The maximum absolute atomic E-state index is 12.6. The number of nitrogens with zero attached hydrogens (tertiary/aromatic N) is 3. The number of aromatic nitrogens is 2. The lowest BCUT2D eigenvalue weighted by atomic mass is 10.2. The first-order valence-corrected chi connectivity index (χ1v) is 10.5. The molecule has 2 heterocycles. The van der Waals surface area contributed by atoms with Crippen LogP contribution in [0.15, 0.2) is 29.2 Å². The zero-order chi connectivity index (χ0) is 19.4. The number of thiocarbonyl (C=S) groups is 1. The predicted octanol–water partition coefficient (Wildman–Crippen LogP) is 3.98. The van der Waals surface area contributed by atoms with Gasteiger partial charge in [0, 0.05) is 18.0 Å². The normalized spacial score (nSPS) is 15.6. The van der Waals surface area contributed by atoms with E-state index in [1.165, 1.54) is 28.0 Å². The molecule has 1 N–H and O–H groups in total. The van der Waals surface area contributed by atoms with Gasteiger partial charge in [0.05, 0.1) is 4.91 Å². The van der Waals surface area contributed by atoms with Gasteiger partial charge < -0.3 is 5.32 Å². The number of amides is 2. The minimum absolute atomic E-state index is 0.127. The van der Waals surface area contributed by atoms with Crippen molar-refractivity contribution in [3.63, 3.8) is 0 Å². The van der Waals surface area contributed by atoms with Crippen molar-refractivity contribution in [2.45, 2.75) is 19.8 Å². The second-order valence-electron chi connectivity index (χ2n) is 5.54. The van der Waals surface area contributed by atoms with Crippen molar-refractivity contribution < 1.29 is 9.59 Å². The van der Waals surface area contributed by atoms with Crippen molar-refractivity contribution in [3.8, 4) is 0 Å². The van der Waals surface area contributed by atoms with Crippen LogP contribution in [0.4, 0.5) is 5.13 Å². The molecule has 1 aromatic heterocycles. The summed E-state index contributed by atoms with van der Waals surface area (Å²) in [4.78, 5) is 26.6. The maximum Gasteiger partial charge on any atom is 0.266 e. The van der Waals surface area contributed by atoms with Crippen molar-refractivity contribution in [1.82, 2.24) is 15.1 Å². The average Bonchev–Trinajstić information content (AvgIpc) is 3.20. The minimum Gasteiger partial charge on any atom is -0.300 e. The van der Waals surface area contributed by atoms with Crippen molar-refractivity contribution >= 4 is 74.3 Å². The lowest BCUT2D eigenvalue weighted by molar-refractivity contribution is -0.122. The van der Waals surface area contributed by atoms with Crippen LogP contribution in [0.25, 0.3) is 6.08 Å². The Morgan fingerprint density at radius 2 is 2.07 bits per heavy atom. The van der Waals surface area contributed by atoms with E-state index in [-0.39, 0.29) is 24.8 Å². The third-order valence-electron chi connectivity index (χ3n) is 3.62. The molecule has 10 heteroatoms. The molecule has 0 unspecified atom stereocenters. The molecule has 0 aliphatic carbocycles. The predicted molar refractivity (Wildman–Crippen MR) is 114 cm³/mol. The van der Waals surface area contributed by atoms with Gasteiger partial charge in [-0.1, -0.05) is 66.0 Å². The zero-order valence-electron chi connectivity index (χ0n) is 14.3. The molecule has 1 aliphatic heterocycles. The average molecular weight is 439 g/mol. The quantitative estimate of drug-likeness (QED) is 0.543. The molecule has 1 aromatic carbocycles. The standard InChI is InChI=1S/C17H15ClN4O2S3/c1-2-14-20-21-16(27-14)19-13(23)7-8-22-15(24)12(26-17(22)25)9-10-3-5-11(18)6-4-10/h3-6,9H,2,7-8H2,1H3,(H,19,21,23)/b12-9-. The van der Waals surface area contributed by atoms with Gasteiger partial charge in [-0.15, -0.1) is 10.2 Å². The summed E-state index contributed by atoms with van der Waals surface area (Å²) in [6.45, 7) is 2.19. The Kier molecular flexibility index (Phi) is 6.59. The summed E-state index contributed by atoms with van der Waals surface area (Å²) >= 11 is 13.7. The molecule has 27 heavy (non-hydrogen) atoms. The fourth-order valence-electron chi connectivity index (χ4n) is 2.25. The van der Waals surface area contributed by atoms with Crippen molar-refractivity contribution in [1.29, 1.82) is 0 Å². The van der Waals surface area contributed by atoms with Gasteiger partial charge in [0.15, 0.2) is 0 Å². The number of benzene rings is 1. The highest BCUT2D eigenvalue weighted by molar-refractivity contribution is 8.26. The summed E-state index contributed by atoms with van der Waals surface area (Å²) in [6, 6.07) is 7.18. The van der Waals surface area contributed by atoms with E-state index in [9.17, 15) is 9.59 Å². The molecule has 1 aliphatic rings. The van der Waals surface area contributed by atoms with Crippen molar-refractivity contribution in [2.75, 3.05) is 11.9 Å². The molecule has 1 saturated heterocycles. The Balaban J connectivity index is 1.58. The van der Waals surface area contributed by atoms with Gasteiger partial charge in [0.25, 0.3) is 5.91 Å². The zero-order valence-corrected chi connectivity index (χ0v) is 17.5. The number of carbonyl (C=O) groups excluding carboxylic acids is 2. The van der Waals surface area contributed by atoms with E-state index < -0.39 is 0 Å². The van der Waals surface area contributed by atoms with Crippen molar-refractivity contribution in [2.24, 2.45) is 0 Å². The lowest BCUT2D eigenvalue weighted by Crippen LogP contribution is -2.31. The number of halogens is 1. The highest BCUT2D eigenvalue weighted by Gasteiger charge is 2.32. The Morgan fingerprint density at radius 3 is 2.74 bits per heavy atom. The highest BCUT2D eigenvalue weighted by atomic mass is 35.5. The first-order valence-electron chi connectivity index (χ1n) is 8.09. The number of hydrogen-bond acceptors (Lipinski definition) is 7. The summed E-state index contributed by atoms with van der Waals surface area (Å²) in [5.41, 5.74) is 0.862. The number of aryl methyl sites for hydroxylation is 1. The summed E-state index contributed by atoms with van der Waals surface area (Å²) < 4.78 is 0.442. The molecule has 0 bridgehead atoms. The number of carbonyl (C=O) groups is 2. The van der Waals surface area contributed by atoms with Crippen LogP contribution < -0.4 is 5.32 Å². The van der Waals surface area contributed by atoms with Crippen LogP contribution in [0.2, 0.25) is 5.02 Å². The molecule has 0 atom stereocenters. The molecule has 1 fully saturated rings. The second kappa shape index (κ2) is 8.92. The molecule has 2 amide bonds. The van der Waals surface area contributed by atoms with Crippen LogP contribution in [0, 0.1) is 0 Å². The third-order valence-corrected chi connectivity index (χ3v) is 6.23. The Labute approximate surface area is 175 Å². The fourth-order valence-corrected chi connectivity index (χ4v) is 4.38. The highest BCUT2D eigenvalue weighted by Crippen LogP contribution is 2.32. The summed E-state index contributed by atoms with van der Waals surface area (Å²) in [6.07, 6.45) is 2.66. The molecule has 0 spiro atoms. The topological polar surface area (TPSA) is 75.2 Å². The van der Waals surface area contributed by atoms with Crippen LogP contribution in [-0.4, -0.2) is 37.8 Å².